The summed E-state index contributed by atoms with van der Waals surface area (Å²) in [4.78, 5) is 48.5. The van der Waals surface area contributed by atoms with Gasteiger partial charge in [-0.1, -0.05) is 12.1 Å². The molecule has 0 saturated carbocycles. The van der Waals surface area contributed by atoms with Gasteiger partial charge in [-0.2, -0.15) is 0 Å². The zero-order valence-electron chi connectivity index (χ0n) is 18.2. The molecule has 0 unspecified atom stereocenters. The lowest BCUT2D eigenvalue weighted by atomic mass is 10.1. The van der Waals surface area contributed by atoms with Gasteiger partial charge in [0.05, 0.1) is 29.1 Å². The number of nitrogens with one attached hydrogen (secondary N) is 2. The highest BCUT2D eigenvalue weighted by atomic mass is 32.2. The summed E-state index contributed by atoms with van der Waals surface area (Å²) < 4.78 is 4.93. The van der Waals surface area contributed by atoms with Crippen LogP contribution in [0.2, 0.25) is 0 Å². The molecule has 0 aliphatic heterocycles. The summed E-state index contributed by atoms with van der Waals surface area (Å²) in [6.07, 6.45) is 0. The van der Waals surface area contributed by atoms with Gasteiger partial charge in [0.25, 0.3) is 5.91 Å². The molecule has 0 aliphatic carbocycles. The van der Waals surface area contributed by atoms with E-state index in [1.54, 1.807) is 67.6 Å². The van der Waals surface area contributed by atoms with Crippen molar-refractivity contribution < 1.29 is 29.0 Å². The Morgan fingerprint density at radius 1 is 0.824 bits per heavy atom. The normalized spacial score (nSPS) is 10.3. The summed E-state index contributed by atoms with van der Waals surface area (Å²) in [7, 11) is 0. The van der Waals surface area contributed by atoms with E-state index < -0.39 is 17.8 Å². The van der Waals surface area contributed by atoms with E-state index in [0.717, 1.165) is 4.90 Å². The number of rotatable bonds is 9. The van der Waals surface area contributed by atoms with Crippen LogP contribution in [0.5, 0.6) is 0 Å². The lowest BCUT2D eigenvalue weighted by Gasteiger charge is -2.09. The van der Waals surface area contributed by atoms with Gasteiger partial charge in [-0.15, -0.1) is 11.8 Å². The number of aromatic carboxylic acids is 1. The molecule has 3 N–H and O–H groups in total. The standard InChI is InChI=1S/C25H22N2O6S/c1-2-33-25(32)16-7-9-17(10-8-16)26-22(28)15-34-19-13-11-18(12-14-19)27-23(29)20-5-3-4-6-21(20)24(30)31/h3-14H,2,15H2,1H3,(H,26,28)(H,27,29)(H,30,31). The second-order valence-electron chi connectivity index (χ2n) is 6.96. The van der Waals surface area contributed by atoms with E-state index in [-0.39, 0.29) is 22.8 Å². The Bertz CT molecular complexity index is 1190. The van der Waals surface area contributed by atoms with Gasteiger partial charge >= 0.3 is 11.9 Å². The van der Waals surface area contributed by atoms with Crippen LogP contribution in [0, 0.1) is 0 Å². The number of thioether (sulfide) groups is 1. The van der Waals surface area contributed by atoms with Crippen LogP contribution in [0.25, 0.3) is 0 Å². The molecule has 0 aromatic heterocycles. The second-order valence-corrected chi connectivity index (χ2v) is 8.01. The Morgan fingerprint density at radius 2 is 1.41 bits per heavy atom. The van der Waals surface area contributed by atoms with Crippen LogP contribution in [0.4, 0.5) is 11.4 Å². The van der Waals surface area contributed by atoms with E-state index in [2.05, 4.69) is 10.6 Å². The Balaban J connectivity index is 1.51. The van der Waals surface area contributed by atoms with E-state index in [9.17, 15) is 24.3 Å². The fraction of sp³-hybridized carbons (Fsp3) is 0.120. The molecule has 3 aromatic carbocycles. The summed E-state index contributed by atoms with van der Waals surface area (Å²) in [5.74, 6) is -2.16. The van der Waals surface area contributed by atoms with Crippen LogP contribution in [0.3, 0.4) is 0 Å². The minimum Gasteiger partial charge on any atom is -0.478 e. The minimum absolute atomic E-state index is 0.0698. The van der Waals surface area contributed by atoms with E-state index in [1.165, 1.54) is 23.9 Å². The first-order valence-corrected chi connectivity index (χ1v) is 11.3. The molecule has 3 rings (SSSR count). The number of carbonyl (C=O) groups excluding carboxylic acids is 3. The Morgan fingerprint density at radius 3 is 2.03 bits per heavy atom. The quantitative estimate of drug-likeness (QED) is 0.305. The molecular weight excluding hydrogens is 456 g/mol. The summed E-state index contributed by atoms with van der Waals surface area (Å²) >= 11 is 1.32. The summed E-state index contributed by atoms with van der Waals surface area (Å²) in [5, 5.41) is 14.7. The van der Waals surface area contributed by atoms with Gasteiger partial charge in [-0.25, -0.2) is 9.59 Å². The number of carbonyl (C=O) groups is 4. The van der Waals surface area contributed by atoms with Crippen molar-refractivity contribution in [3.63, 3.8) is 0 Å². The number of benzene rings is 3. The maximum atomic E-state index is 12.4. The zero-order valence-corrected chi connectivity index (χ0v) is 19.1. The molecule has 34 heavy (non-hydrogen) atoms. The van der Waals surface area contributed by atoms with Crippen molar-refractivity contribution in [2.24, 2.45) is 0 Å². The zero-order chi connectivity index (χ0) is 24.5. The third kappa shape index (κ3) is 6.69. The number of ether oxygens (including phenoxy) is 1. The first kappa shape index (κ1) is 24.5. The maximum Gasteiger partial charge on any atom is 0.338 e. The van der Waals surface area contributed by atoms with Crippen molar-refractivity contribution in [2.75, 3.05) is 23.0 Å². The van der Waals surface area contributed by atoms with Crippen molar-refractivity contribution in [3.05, 3.63) is 89.5 Å². The SMILES string of the molecule is CCOC(=O)c1ccc(NC(=O)CSc2ccc(NC(=O)c3ccccc3C(=O)O)cc2)cc1. The molecule has 0 aliphatic rings. The Labute approximate surface area is 200 Å². The third-order valence-electron chi connectivity index (χ3n) is 4.56. The van der Waals surface area contributed by atoms with Crippen molar-refractivity contribution in [1.29, 1.82) is 0 Å². The highest BCUT2D eigenvalue weighted by molar-refractivity contribution is 8.00. The van der Waals surface area contributed by atoms with Crippen LogP contribution < -0.4 is 10.6 Å². The molecule has 0 radical (unpaired) electrons. The predicted octanol–water partition coefficient (Wildman–Crippen LogP) is 4.54. The summed E-state index contributed by atoms with van der Waals surface area (Å²) in [5.41, 5.74) is 1.47. The van der Waals surface area contributed by atoms with E-state index in [0.29, 0.717) is 23.5 Å². The van der Waals surface area contributed by atoms with Crippen LogP contribution in [-0.2, 0) is 9.53 Å². The topological polar surface area (TPSA) is 122 Å². The fourth-order valence-electron chi connectivity index (χ4n) is 2.95. The largest absolute Gasteiger partial charge is 0.478 e. The van der Waals surface area contributed by atoms with Crippen LogP contribution >= 0.6 is 11.8 Å². The number of carboxylic acids is 1. The third-order valence-corrected chi connectivity index (χ3v) is 5.58. The number of carboxylic acid groups (broad SMARTS) is 1. The van der Waals surface area contributed by atoms with Gasteiger partial charge < -0.3 is 20.5 Å². The molecule has 3 aromatic rings. The van der Waals surface area contributed by atoms with Gasteiger partial charge in [0, 0.05) is 16.3 Å². The number of esters is 1. The molecule has 9 heteroatoms. The van der Waals surface area contributed by atoms with Gasteiger partial charge in [0.2, 0.25) is 5.91 Å². The van der Waals surface area contributed by atoms with Gasteiger partial charge in [-0.3, -0.25) is 9.59 Å². The monoisotopic (exact) mass is 478 g/mol. The number of hydrogen-bond donors (Lipinski definition) is 3. The number of anilines is 2. The molecule has 0 saturated heterocycles. The smallest absolute Gasteiger partial charge is 0.338 e. The van der Waals surface area contributed by atoms with Crippen LogP contribution in [0.15, 0.2) is 77.7 Å². The molecule has 0 atom stereocenters. The molecule has 8 nitrogen and oxygen atoms in total. The lowest BCUT2D eigenvalue weighted by molar-refractivity contribution is -0.113. The molecule has 0 bridgehead atoms. The van der Waals surface area contributed by atoms with Crippen molar-refractivity contribution in [1.82, 2.24) is 0 Å². The molecular formula is C25H22N2O6S. The molecule has 2 amide bonds. The molecule has 0 fully saturated rings. The number of amides is 2. The van der Waals surface area contributed by atoms with Crippen molar-refractivity contribution in [3.8, 4) is 0 Å². The van der Waals surface area contributed by atoms with Gasteiger partial charge in [0.1, 0.15) is 0 Å². The summed E-state index contributed by atoms with van der Waals surface area (Å²) in [6.45, 7) is 2.02. The predicted molar refractivity (Wildman–Crippen MR) is 130 cm³/mol. The van der Waals surface area contributed by atoms with Crippen LogP contribution in [0.1, 0.15) is 38.0 Å². The molecule has 0 spiro atoms. The van der Waals surface area contributed by atoms with Crippen molar-refractivity contribution in [2.45, 2.75) is 11.8 Å². The number of hydrogen-bond acceptors (Lipinski definition) is 6. The van der Waals surface area contributed by atoms with E-state index in [1.807, 2.05) is 0 Å². The Hall–Kier alpha value is -4.11. The minimum atomic E-state index is -1.18. The fourth-order valence-corrected chi connectivity index (χ4v) is 3.65. The van der Waals surface area contributed by atoms with E-state index in [4.69, 9.17) is 4.74 Å². The first-order valence-electron chi connectivity index (χ1n) is 10.3. The highest BCUT2D eigenvalue weighted by Crippen LogP contribution is 2.22. The van der Waals surface area contributed by atoms with E-state index >= 15 is 0 Å². The molecule has 174 valence electrons. The average molecular weight is 479 g/mol. The molecule has 0 heterocycles. The van der Waals surface area contributed by atoms with Gasteiger partial charge in [0.15, 0.2) is 0 Å². The highest BCUT2D eigenvalue weighted by Gasteiger charge is 2.16. The van der Waals surface area contributed by atoms with Crippen molar-refractivity contribution >= 4 is 46.9 Å². The average Bonchev–Trinajstić information content (AvgIpc) is 2.84. The van der Waals surface area contributed by atoms with Crippen LogP contribution in [-0.4, -0.2) is 41.2 Å². The maximum absolute atomic E-state index is 12.4. The summed E-state index contributed by atoms with van der Waals surface area (Å²) in [6, 6.07) is 19.3. The lowest BCUT2D eigenvalue weighted by Crippen LogP contribution is -2.16. The van der Waals surface area contributed by atoms with Gasteiger partial charge in [-0.05, 0) is 67.6 Å². The second kappa shape index (κ2) is 11.7. The first-order chi connectivity index (χ1) is 16.4. The Kier molecular flexibility index (Phi) is 8.42.